The molecule has 0 amide bonds. The van der Waals surface area contributed by atoms with E-state index >= 15 is 0 Å². The smallest absolute Gasteiger partial charge is 0.319 e. The number of carbonyl (C=O) groups is 1. The van der Waals surface area contributed by atoms with Gasteiger partial charge >= 0.3 is 5.97 Å². The summed E-state index contributed by atoms with van der Waals surface area (Å²) in [6.07, 6.45) is 0. The van der Waals surface area contributed by atoms with E-state index in [2.05, 4.69) is 9.97 Å². The fourth-order valence-electron chi connectivity index (χ4n) is 2.35. The van der Waals surface area contributed by atoms with Crippen LogP contribution in [-0.2, 0) is 21.9 Å². The van der Waals surface area contributed by atoms with Gasteiger partial charge < -0.3 is 9.72 Å². The van der Waals surface area contributed by atoms with Gasteiger partial charge in [0.05, 0.1) is 5.69 Å². The third kappa shape index (κ3) is 6.28. The molecule has 0 aliphatic carbocycles. The molecule has 0 aliphatic rings. The first-order valence-electron chi connectivity index (χ1n) is 8.75. The molecule has 7 heteroatoms. The highest BCUT2D eigenvalue weighted by atomic mass is 32.2. The van der Waals surface area contributed by atoms with Gasteiger partial charge in [-0.3, -0.25) is 9.59 Å². The number of nitrogens with one attached hydrogen (secondary N) is 1. The third-order valence-electron chi connectivity index (χ3n) is 3.75. The summed E-state index contributed by atoms with van der Waals surface area (Å²) in [6, 6.07) is 20.9. The summed E-state index contributed by atoms with van der Waals surface area (Å²) < 4.78 is 5.34. The van der Waals surface area contributed by atoms with Crippen LogP contribution in [0.3, 0.4) is 0 Å². The van der Waals surface area contributed by atoms with E-state index in [9.17, 15) is 9.59 Å². The molecule has 0 bridgehead atoms. The number of H-pyrrole nitrogens is 1. The molecule has 0 saturated carbocycles. The number of nitrogens with zero attached hydrogens (tertiary/aromatic N) is 1. The van der Waals surface area contributed by atoms with Gasteiger partial charge in [0, 0.05) is 16.7 Å². The van der Waals surface area contributed by atoms with Gasteiger partial charge in [-0.25, -0.2) is 4.98 Å². The lowest BCUT2D eigenvalue weighted by atomic mass is 10.2. The predicted octanol–water partition coefficient (Wildman–Crippen LogP) is 4.29. The lowest BCUT2D eigenvalue weighted by Crippen LogP contribution is -2.18. The van der Waals surface area contributed by atoms with Crippen LogP contribution in [0, 0.1) is 0 Å². The van der Waals surface area contributed by atoms with E-state index in [1.165, 1.54) is 17.8 Å². The Balaban J connectivity index is 1.57. The Hall–Kier alpha value is -2.51. The van der Waals surface area contributed by atoms with Crippen molar-refractivity contribution in [2.24, 2.45) is 0 Å². The average molecular weight is 413 g/mol. The van der Waals surface area contributed by atoms with Crippen LogP contribution in [0.4, 0.5) is 0 Å². The minimum absolute atomic E-state index is 0.224. The van der Waals surface area contributed by atoms with Crippen molar-refractivity contribution in [3.05, 3.63) is 88.3 Å². The molecule has 28 heavy (non-hydrogen) atoms. The summed E-state index contributed by atoms with van der Waals surface area (Å²) in [5.74, 6) is 0.231. The molecule has 3 aromatic rings. The highest BCUT2D eigenvalue weighted by Crippen LogP contribution is 2.23. The zero-order valence-corrected chi connectivity index (χ0v) is 17.0. The van der Waals surface area contributed by atoms with E-state index in [1.54, 1.807) is 18.7 Å². The van der Waals surface area contributed by atoms with Gasteiger partial charge in [-0.2, -0.15) is 0 Å². The molecule has 1 atom stereocenters. The van der Waals surface area contributed by atoms with Crippen molar-refractivity contribution in [2.45, 2.75) is 34.6 Å². The molecule has 0 fully saturated rings. The van der Waals surface area contributed by atoms with Crippen molar-refractivity contribution in [2.75, 3.05) is 0 Å². The van der Waals surface area contributed by atoms with Crippen molar-refractivity contribution < 1.29 is 9.53 Å². The van der Waals surface area contributed by atoms with E-state index < -0.39 is 5.25 Å². The monoisotopic (exact) mass is 412 g/mol. The maximum Gasteiger partial charge on any atom is 0.319 e. The van der Waals surface area contributed by atoms with Crippen LogP contribution in [-0.4, -0.2) is 21.2 Å². The van der Waals surface area contributed by atoms with E-state index in [0.29, 0.717) is 16.6 Å². The summed E-state index contributed by atoms with van der Waals surface area (Å²) >= 11 is 2.79. The molecule has 2 aromatic carbocycles. The standard InChI is InChI=1S/C21H20N2O3S2/c1-15(20(25)26-13-16-8-4-2-5-9-16)28-21-22-17(12-19(24)23-21)14-27-18-10-6-3-7-11-18/h2-12,15H,13-14H2,1H3,(H,22,23,24). The molecule has 0 saturated heterocycles. The quantitative estimate of drug-likeness (QED) is 0.338. The molecule has 1 N–H and O–H groups in total. The summed E-state index contributed by atoms with van der Waals surface area (Å²) in [5.41, 5.74) is 1.37. The van der Waals surface area contributed by atoms with E-state index in [4.69, 9.17) is 4.74 Å². The number of carbonyl (C=O) groups excluding carboxylic acids is 1. The van der Waals surface area contributed by atoms with Crippen LogP contribution in [0.1, 0.15) is 18.2 Å². The topological polar surface area (TPSA) is 72.0 Å². The summed E-state index contributed by atoms with van der Waals surface area (Å²) in [7, 11) is 0. The summed E-state index contributed by atoms with van der Waals surface area (Å²) in [4.78, 5) is 32.4. The number of hydrogen-bond donors (Lipinski definition) is 1. The molecule has 1 aromatic heterocycles. The molecule has 144 valence electrons. The molecule has 0 aliphatic heterocycles. The minimum atomic E-state index is -0.483. The first kappa shape index (κ1) is 20.2. The van der Waals surface area contributed by atoms with Crippen molar-refractivity contribution in [1.29, 1.82) is 0 Å². The van der Waals surface area contributed by atoms with Crippen LogP contribution in [0.2, 0.25) is 0 Å². The number of rotatable bonds is 8. The molecular weight excluding hydrogens is 392 g/mol. The van der Waals surface area contributed by atoms with Gasteiger partial charge in [-0.05, 0) is 24.6 Å². The lowest BCUT2D eigenvalue weighted by Gasteiger charge is -2.11. The van der Waals surface area contributed by atoms with Crippen LogP contribution >= 0.6 is 23.5 Å². The zero-order valence-electron chi connectivity index (χ0n) is 15.3. The number of benzene rings is 2. The van der Waals surface area contributed by atoms with Gasteiger partial charge in [0.1, 0.15) is 11.9 Å². The third-order valence-corrected chi connectivity index (χ3v) is 5.76. The summed E-state index contributed by atoms with van der Waals surface area (Å²) in [6.45, 7) is 1.96. The van der Waals surface area contributed by atoms with Gasteiger partial charge in [0.25, 0.3) is 5.56 Å². The second-order valence-corrected chi connectivity index (χ2v) is 8.38. The van der Waals surface area contributed by atoms with E-state index in [1.807, 2.05) is 60.7 Å². The van der Waals surface area contributed by atoms with Gasteiger partial charge in [0.15, 0.2) is 5.16 Å². The normalized spacial score (nSPS) is 11.8. The van der Waals surface area contributed by atoms with Crippen LogP contribution < -0.4 is 5.56 Å². The van der Waals surface area contributed by atoms with Gasteiger partial charge in [-0.15, -0.1) is 11.8 Å². The molecule has 0 spiro atoms. The first-order chi connectivity index (χ1) is 13.6. The number of aromatic nitrogens is 2. The Labute approximate surface area is 171 Å². The Bertz CT molecular complexity index is 962. The average Bonchev–Trinajstić information content (AvgIpc) is 2.71. The molecule has 1 unspecified atom stereocenters. The molecule has 5 nitrogen and oxygen atoms in total. The highest BCUT2D eigenvalue weighted by Gasteiger charge is 2.18. The van der Waals surface area contributed by atoms with Crippen LogP contribution in [0.25, 0.3) is 0 Å². The van der Waals surface area contributed by atoms with Crippen LogP contribution in [0.5, 0.6) is 0 Å². The van der Waals surface area contributed by atoms with E-state index in [-0.39, 0.29) is 18.1 Å². The number of hydrogen-bond acceptors (Lipinski definition) is 6. The Morgan fingerprint density at radius 3 is 2.50 bits per heavy atom. The molecule has 0 radical (unpaired) electrons. The number of esters is 1. The molecule has 1 heterocycles. The Morgan fingerprint density at radius 2 is 1.79 bits per heavy atom. The van der Waals surface area contributed by atoms with Crippen molar-refractivity contribution in [1.82, 2.24) is 9.97 Å². The SMILES string of the molecule is CC(Sc1nc(CSc2ccccc2)cc(=O)[nH]1)C(=O)OCc1ccccc1. The Morgan fingerprint density at radius 1 is 1.11 bits per heavy atom. The zero-order chi connectivity index (χ0) is 19.8. The van der Waals surface area contributed by atoms with Gasteiger partial charge in [-0.1, -0.05) is 60.3 Å². The maximum absolute atomic E-state index is 12.2. The number of aromatic amines is 1. The van der Waals surface area contributed by atoms with Crippen molar-refractivity contribution in [3.8, 4) is 0 Å². The summed E-state index contributed by atoms with van der Waals surface area (Å²) in [5, 5.41) is -0.0655. The van der Waals surface area contributed by atoms with Crippen molar-refractivity contribution >= 4 is 29.5 Å². The van der Waals surface area contributed by atoms with E-state index in [0.717, 1.165) is 10.5 Å². The number of thioether (sulfide) groups is 2. The lowest BCUT2D eigenvalue weighted by molar-refractivity contribution is -0.143. The van der Waals surface area contributed by atoms with Gasteiger partial charge in [0.2, 0.25) is 0 Å². The predicted molar refractivity (Wildman–Crippen MR) is 112 cm³/mol. The minimum Gasteiger partial charge on any atom is -0.460 e. The highest BCUT2D eigenvalue weighted by molar-refractivity contribution is 8.00. The molecule has 3 rings (SSSR count). The second-order valence-electron chi connectivity index (χ2n) is 6.00. The van der Waals surface area contributed by atoms with Crippen molar-refractivity contribution in [3.63, 3.8) is 0 Å². The van der Waals surface area contributed by atoms with Crippen LogP contribution in [0.15, 0.2) is 81.6 Å². The molecular formula is C21H20N2O3S2. The maximum atomic E-state index is 12.2. The fourth-order valence-corrected chi connectivity index (χ4v) is 3.99. The first-order valence-corrected chi connectivity index (χ1v) is 10.6. The second kappa shape index (κ2) is 10.1. The largest absolute Gasteiger partial charge is 0.460 e. The Kier molecular flexibility index (Phi) is 7.33. The fraction of sp³-hybridized carbons (Fsp3) is 0.190. The number of ether oxygens (including phenoxy) is 1.